The number of benzene rings is 1. The lowest BCUT2D eigenvalue weighted by atomic mass is 10.3. The van der Waals surface area contributed by atoms with Crippen LogP contribution in [0.5, 0.6) is 0 Å². The molecular formula is C17H23ClN6O3S2. The van der Waals surface area contributed by atoms with Crippen molar-refractivity contribution in [3.63, 3.8) is 0 Å². The van der Waals surface area contributed by atoms with Gasteiger partial charge >= 0.3 is 6.03 Å². The standard InChI is InChI=1S/C17H23ClN6O3S2/c1-3-24-15(12(2)22-29(26,27)14-6-4-13(18)5-7-14)20-21-17(24)28-11-10-23-9-8-19-16(23)25/h4-7,12,22H,3,8-11H2,1-2H3,(H,19,25)/t12-/m1/s1. The number of aromatic nitrogens is 3. The van der Waals surface area contributed by atoms with Gasteiger partial charge in [0.25, 0.3) is 0 Å². The summed E-state index contributed by atoms with van der Waals surface area (Å²) in [6, 6.07) is 5.36. The second kappa shape index (κ2) is 9.33. The molecule has 158 valence electrons. The zero-order chi connectivity index (χ0) is 21.0. The highest BCUT2D eigenvalue weighted by Crippen LogP contribution is 2.22. The fourth-order valence-electron chi connectivity index (χ4n) is 2.96. The number of halogens is 1. The molecule has 0 unspecified atom stereocenters. The topological polar surface area (TPSA) is 109 Å². The Morgan fingerprint density at radius 2 is 2.03 bits per heavy atom. The van der Waals surface area contributed by atoms with E-state index in [1.807, 2.05) is 11.5 Å². The highest BCUT2D eigenvalue weighted by Gasteiger charge is 2.24. The summed E-state index contributed by atoms with van der Waals surface area (Å²) in [5.74, 6) is 1.21. The third-order valence-corrected chi connectivity index (χ3v) is 7.20. The Morgan fingerprint density at radius 3 is 2.66 bits per heavy atom. The number of nitrogens with zero attached hydrogens (tertiary/aromatic N) is 4. The van der Waals surface area contributed by atoms with Crippen molar-refractivity contribution in [1.29, 1.82) is 0 Å². The number of hydrogen-bond donors (Lipinski definition) is 2. The van der Waals surface area contributed by atoms with Crippen molar-refractivity contribution in [2.24, 2.45) is 0 Å². The van der Waals surface area contributed by atoms with E-state index in [1.54, 1.807) is 11.8 Å². The fourth-order valence-corrected chi connectivity index (χ4v) is 5.26. The molecule has 9 nitrogen and oxygen atoms in total. The average molecular weight is 459 g/mol. The summed E-state index contributed by atoms with van der Waals surface area (Å²) < 4.78 is 29.8. The molecule has 0 saturated carbocycles. The van der Waals surface area contributed by atoms with Gasteiger partial charge in [-0.25, -0.2) is 17.9 Å². The molecule has 0 bridgehead atoms. The zero-order valence-electron chi connectivity index (χ0n) is 16.1. The van der Waals surface area contributed by atoms with Crippen LogP contribution in [0.15, 0.2) is 34.3 Å². The molecule has 0 aliphatic carbocycles. The number of carbonyl (C=O) groups excluding carboxylic acids is 1. The van der Waals surface area contributed by atoms with Gasteiger partial charge in [-0.2, -0.15) is 0 Å². The Balaban J connectivity index is 1.66. The van der Waals surface area contributed by atoms with Crippen molar-refractivity contribution in [3.8, 4) is 0 Å². The monoisotopic (exact) mass is 458 g/mol. The number of amides is 2. The molecule has 1 aromatic heterocycles. The highest BCUT2D eigenvalue weighted by atomic mass is 35.5. The molecule has 0 spiro atoms. The number of urea groups is 1. The molecule has 1 aliphatic heterocycles. The summed E-state index contributed by atoms with van der Waals surface area (Å²) >= 11 is 7.32. The van der Waals surface area contributed by atoms with E-state index < -0.39 is 16.1 Å². The molecule has 0 radical (unpaired) electrons. The van der Waals surface area contributed by atoms with Gasteiger partial charge in [-0.3, -0.25) is 0 Å². The molecular weight excluding hydrogens is 436 g/mol. The van der Waals surface area contributed by atoms with Gasteiger partial charge in [0.15, 0.2) is 11.0 Å². The summed E-state index contributed by atoms with van der Waals surface area (Å²) in [5, 5.41) is 12.3. The van der Waals surface area contributed by atoms with Crippen molar-refractivity contribution < 1.29 is 13.2 Å². The van der Waals surface area contributed by atoms with E-state index in [0.29, 0.717) is 47.9 Å². The first-order valence-electron chi connectivity index (χ1n) is 9.18. The van der Waals surface area contributed by atoms with Crippen LogP contribution in [-0.2, 0) is 16.6 Å². The van der Waals surface area contributed by atoms with Crippen molar-refractivity contribution >= 4 is 39.4 Å². The Hall–Kier alpha value is -1.82. The highest BCUT2D eigenvalue weighted by molar-refractivity contribution is 7.99. The smallest absolute Gasteiger partial charge is 0.317 e. The minimum absolute atomic E-state index is 0.0477. The average Bonchev–Trinajstić information content (AvgIpc) is 3.28. The zero-order valence-corrected chi connectivity index (χ0v) is 18.5. The van der Waals surface area contributed by atoms with E-state index >= 15 is 0 Å². The lowest BCUT2D eigenvalue weighted by molar-refractivity contribution is 0.220. The maximum absolute atomic E-state index is 12.6. The molecule has 2 heterocycles. The molecule has 1 saturated heterocycles. The molecule has 2 aromatic rings. The summed E-state index contributed by atoms with van der Waals surface area (Å²) in [7, 11) is -3.72. The molecule has 1 aliphatic rings. The quantitative estimate of drug-likeness (QED) is 0.557. The van der Waals surface area contributed by atoms with Crippen LogP contribution in [0.4, 0.5) is 4.79 Å². The molecule has 2 N–H and O–H groups in total. The van der Waals surface area contributed by atoms with Crippen LogP contribution in [0.1, 0.15) is 25.7 Å². The molecule has 1 fully saturated rings. The van der Waals surface area contributed by atoms with E-state index in [4.69, 9.17) is 11.6 Å². The van der Waals surface area contributed by atoms with E-state index in [-0.39, 0.29) is 10.9 Å². The second-order valence-corrected chi connectivity index (χ2v) is 9.66. The summed E-state index contributed by atoms with van der Waals surface area (Å²) in [5.41, 5.74) is 0. The normalized spacial score (nSPS) is 15.6. The van der Waals surface area contributed by atoms with E-state index in [2.05, 4.69) is 20.2 Å². The maximum atomic E-state index is 12.6. The third-order valence-electron chi connectivity index (χ3n) is 4.44. The van der Waals surface area contributed by atoms with Gasteiger partial charge in [0.2, 0.25) is 10.0 Å². The largest absolute Gasteiger partial charge is 0.336 e. The molecule has 29 heavy (non-hydrogen) atoms. The minimum Gasteiger partial charge on any atom is -0.336 e. The number of thioether (sulfide) groups is 1. The predicted octanol–water partition coefficient (Wildman–Crippen LogP) is 2.11. The molecule has 1 aromatic carbocycles. The van der Waals surface area contributed by atoms with Crippen molar-refractivity contribution in [1.82, 2.24) is 29.7 Å². The van der Waals surface area contributed by atoms with Crippen molar-refractivity contribution in [3.05, 3.63) is 35.1 Å². The summed E-state index contributed by atoms with van der Waals surface area (Å²) in [6.07, 6.45) is 0. The van der Waals surface area contributed by atoms with Gasteiger partial charge in [0.05, 0.1) is 10.9 Å². The molecule has 12 heteroatoms. The van der Waals surface area contributed by atoms with Crippen LogP contribution in [0, 0.1) is 0 Å². The lowest BCUT2D eigenvalue weighted by Gasteiger charge is -2.16. The van der Waals surface area contributed by atoms with Crippen LogP contribution in [0.2, 0.25) is 5.02 Å². The third kappa shape index (κ3) is 5.21. The first-order chi connectivity index (χ1) is 13.8. The van der Waals surface area contributed by atoms with Gasteiger partial charge < -0.3 is 14.8 Å². The van der Waals surface area contributed by atoms with Gasteiger partial charge in [0.1, 0.15) is 0 Å². The van der Waals surface area contributed by atoms with Crippen LogP contribution in [-0.4, -0.2) is 59.5 Å². The summed E-state index contributed by atoms with van der Waals surface area (Å²) in [6.45, 7) is 6.26. The minimum atomic E-state index is -3.72. The Bertz CT molecular complexity index is 964. The summed E-state index contributed by atoms with van der Waals surface area (Å²) in [4.78, 5) is 13.5. The number of hydrogen-bond acceptors (Lipinski definition) is 6. The first-order valence-corrected chi connectivity index (χ1v) is 12.0. The van der Waals surface area contributed by atoms with Crippen LogP contribution < -0.4 is 10.0 Å². The Kier molecular flexibility index (Phi) is 7.04. The molecule has 2 amide bonds. The van der Waals surface area contributed by atoms with Gasteiger partial charge in [-0.15, -0.1) is 10.2 Å². The molecule has 3 rings (SSSR count). The SMILES string of the molecule is CCn1c(SCCN2CCNC2=O)nnc1[C@@H](C)NS(=O)(=O)c1ccc(Cl)cc1. The first kappa shape index (κ1) is 21.9. The van der Waals surface area contributed by atoms with Crippen molar-refractivity contribution in [2.45, 2.75) is 36.5 Å². The predicted molar refractivity (Wildman–Crippen MR) is 112 cm³/mol. The lowest BCUT2D eigenvalue weighted by Crippen LogP contribution is -2.30. The van der Waals surface area contributed by atoms with Crippen molar-refractivity contribution in [2.75, 3.05) is 25.4 Å². The Morgan fingerprint density at radius 1 is 1.31 bits per heavy atom. The van der Waals surface area contributed by atoms with E-state index in [1.165, 1.54) is 36.0 Å². The fraction of sp³-hybridized carbons (Fsp3) is 0.471. The van der Waals surface area contributed by atoms with Crippen LogP contribution in [0.3, 0.4) is 0 Å². The van der Waals surface area contributed by atoms with E-state index in [9.17, 15) is 13.2 Å². The Labute approximate surface area is 179 Å². The van der Waals surface area contributed by atoms with Crippen LogP contribution in [0.25, 0.3) is 0 Å². The van der Waals surface area contributed by atoms with Gasteiger partial charge in [-0.1, -0.05) is 23.4 Å². The second-order valence-electron chi connectivity index (χ2n) is 6.45. The number of rotatable bonds is 9. The number of carbonyl (C=O) groups is 1. The van der Waals surface area contributed by atoms with Crippen LogP contribution >= 0.6 is 23.4 Å². The van der Waals surface area contributed by atoms with Gasteiger partial charge in [0, 0.05) is 37.0 Å². The molecule has 1 atom stereocenters. The van der Waals surface area contributed by atoms with E-state index in [0.717, 1.165) is 0 Å². The van der Waals surface area contributed by atoms with Gasteiger partial charge in [-0.05, 0) is 38.1 Å². The number of nitrogens with one attached hydrogen (secondary N) is 2. The number of sulfonamides is 1. The maximum Gasteiger partial charge on any atom is 0.317 e.